The van der Waals surface area contributed by atoms with Crippen molar-refractivity contribution in [3.8, 4) is 17.1 Å². The molecule has 0 fully saturated rings. The van der Waals surface area contributed by atoms with Crippen molar-refractivity contribution in [2.24, 2.45) is 0 Å². The number of hydrogen-bond acceptors (Lipinski definition) is 8. The van der Waals surface area contributed by atoms with Crippen LogP contribution in [0.2, 0.25) is 0 Å². The number of ether oxygens (including phenoxy) is 1. The Kier molecular flexibility index (Phi) is 5.35. The molecule has 2 N–H and O–H groups in total. The maximum atomic E-state index is 12.6. The minimum absolute atomic E-state index is 0.0503. The molecule has 0 bridgehead atoms. The molecule has 2 aromatic heterocycles. The lowest BCUT2D eigenvalue weighted by Crippen LogP contribution is -2.14. The highest BCUT2D eigenvalue weighted by atomic mass is 32.2. The minimum Gasteiger partial charge on any atom is -0.490 e. The highest BCUT2D eigenvalue weighted by Crippen LogP contribution is 2.33. The minimum atomic E-state index is -3.77. The normalized spacial score (nSPS) is 15.0. The number of fused-ring (bicyclic) bond motifs is 1. The number of rotatable bonds is 6. The van der Waals surface area contributed by atoms with Gasteiger partial charge in [-0.3, -0.25) is 9.52 Å². The Morgan fingerprint density at radius 3 is 2.73 bits per heavy atom. The number of carbonyl (C=O) groups is 1. The van der Waals surface area contributed by atoms with Crippen LogP contribution in [0.15, 0.2) is 69.5 Å². The molecule has 0 unspecified atom stereocenters. The van der Waals surface area contributed by atoms with E-state index >= 15 is 0 Å². The third-order valence-electron chi connectivity index (χ3n) is 5.00. The molecule has 2 aromatic carbocycles. The fourth-order valence-electron chi connectivity index (χ4n) is 3.45. The predicted molar refractivity (Wildman–Crippen MR) is 123 cm³/mol. The molecular formula is C22H18N4O5S2. The van der Waals surface area contributed by atoms with Gasteiger partial charge in [0.1, 0.15) is 11.9 Å². The van der Waals surface area contributed by atoms with E-state index in [0.717, 1.165) is 23.3 Å². The van der Waals surface area contributed by atoms with E-state index in [1.165, 1.54) is 41.8 Å². The highest BCUT2D eigenvalue weighted by Gasteiger charge is 2.21. The first-order valence-electron chi connectivity index (χ1n) is 9.98. The Morgan fingerprint density at radius 1 is 1.15 bits per heavy atom. The van der Waals surface area contributed by atoms with Crippen LogP contribution in [0.25, 0.3) is 11.3 Å². The van der Waals surface area contributed by atoms with Gasteiger partial charge in [0.2, 0.25) is 0 Å². The molecule has 0 spiro atoms. The zero-order valence-corrected chi connectivity index (χ0v) is 18.9. The molecule has 1 aliphatic heterocycles. The molecule has 0 radical (unpaired) electrons. The van der Waals surface area contributed by atoms with Crippen LogP contribution in [0.4, 0.5) is 10.8 Å². The largest absolute Gasteiger partial charge is 0.490 e. The first-order chi connectivity index (χ1) is 15.9. The summed E-state index contributed by atoms with van der Waals surface area (Å²) in [6, 6.07) is 13.1. The molecule has 0 saturated carbocycles. The molecule has 33 heavy (non-hydrogen) atoms. The first-order valence-corrected chi connectivity index (χ1v) is 12.3. The summed E-state index contributed by atoms with van der Waals surface area (Å²) in [6.07, 6.45) is 2.46. The van der Waals surface area contributed by atoms with E-state index in [2.05, 4.69) is 20.2 Å². The average Bonchev–Trinajstić information content (AvgIpc) is 3.53. The van der Waals surface area contributed by atoms with Gasteiger partial charge in [-0.25, -0.2) is 13.4 Å². The Balaban J connectivity index is 1.27. The number of nitrogens with zero attached hydrogens (tertiary/aromatic N) is 2. The summed E-state index contributed by atoms with van der Waals surface area (Å²) in [5.41, 5.74) is 2.42. The van der Waals surface area contributed by atoms with Gasteiger partial charge in [-0.2, -0.15) is 0 Å². The molecule has 0 saturated heterocycles. The second-order valence-corrected chi connectivity index (χ2v) is 10.0. The SMILES string of the molecule is C[C@H]1Cc2cc(-c3cc(C(=O)Nc4ccc(S(=O)(=O)Nc5nccs5)cc4)no3)ccc2O1. The number of benzene rings is 2. The summed E-state index contributed by atoms with van der Waals surface area (Å²) in [4.78, 5) is 16.6. The smallest absolute Gasteiger partial charge is 0.277 e. The van der Waals surface area contributed by atoms with Crippen LogP contribution in [-0.2, 0) is 16.4 Å². The van der Waals surface area contributed by atoms with Gasteiger partial charge in [-0.1, -0.05) is 5.16 Å². The second kappa shape index (κ2) is 8.34. The Morgan fingerprint density at radius 2 is 1.97 bits per heavy atom. The summed E-state index contributed by atoms with van der Waals surface area (Å²) in [5, 5.41) is 8.50. The highest BCUT2D eigenvalue weighted by molar-refractivity contribution is 7.93. The van der Waals surface area contributed by atoms with Gasteiger partial charge in [-0.05, 0) is 55.0 Å². The number of anilines is 2. The number of hydrogen-bond donors (Lipinski definition) is 2. The van der Waals surface area contributed by atoms with Crippen LogP contribution in [-0.4, -0.2) is 30.6 Å². The molecule has 1 amide bonds. The van der Waals surface area contributed by atoms with E-state index in [1.807, 2.05) is 25.1 Å². The topological polar surface area (TPSA) is 123 Å². The van der Waals surface area contributed by atoms with Crippen molar-refractivity contribution in [2.45, 2.75) is 24.3 Å². The van der Waals surface area contributed by atoms with Crippen molar-refractivity contribution in [3.63, 3.8) is 0 Å². The molecule has 9 nitrogen and oxygen atoms in total. The fraction of sp³-hybridized carbons (Fsp3) is 0.136. The lowest BCUT2D eigenvalue weighted by molar-refractivity contribution is 0.101. The summed E-state index contributed by atoms with van der Waals surface area (Å²) in [5.74, 6) is 0.855. The van der Waals surface area contributed by atoms with E-state index in [4.69, 9.17) is 9.26 Å². The van der Waals surface area contributed by atoms with E-state index < -0.39 is 15.9 Å². The van der Waals surface area contributed by atoms with Gasteiger partial charge in [0.05, 0.1) is 4.90 Å². The first kappa shape index (κ1) is 21.2. The van der Waals surface area contributed by atoms with Gasteiger partial charge in [0.15, 0.2) is 16.6 Å². The van der Waals surface area contributed by atoms with Crippen molar-refractivity contribution in [1.82, 2.24) is 10.1 Å². The number of sulfonamides is 1. The number of aromatic nitrogens is 2. The summed E-state index contributed by atoms with van der Waals surface area (Å²) < 4.78 is 38.3. The molecule has 4 aromatic rings. The summed E-state index contributed by atoms with van der Waals surface area (Å²) in [7, 11) is -3.77. The van der Waals surface area contributed by atoms with Gasteiger partial charge in [0, 0.05) is 35.3 Å². The van der Waals surface area contributed by atoms with E-state index in [9.17, 15) is 13.2 Å². The van der Waals surface area contributed by atoms with E-state index in [1.54, 1.807) is 11.4 Å². The number of carbonyl (C=O) groups excluding carboxylic acids is 1. The lowest BCUT2D eigenvalue weighted by Gasteiger charge is -2.07. The third-order valence-corrected chi connectivity index (χ3v) is 7.17. The monoisotopic (exact) mass is 482 g/mol. The Hall–Kier alpha value is -3.70. The fourth-order valence-corrected chi connectivity index (χ4v) is 5.24. The summed E-state index contributed by atoms with van der Waals surface area (Å²) >= 11 is 1.18. The van der Waals surface area contributed by atoms with E-state index in [0.29, 0.717) is 11.4 Å². The molecule has 11 heteroatoms. The predicted octanol–water partition coefficient (Wildman–Crippen LogP) is 4.17. The second-order valence-electron chi connectivity index (χ2n) is 7.45. The van der Waals surface area contributed by atoms with Crippen LogP contribution in [0.3, 0.4) is 0 Å². The van der Waals surface area contributed by atoms with Crippen LogP contribution in [0.5, 0.6) is 5.75 Å². The number of amides is 1. The number of thiazole rings is 1. The number of nitrogens with one attached hydrogen (secondary N) is 2. The van der Waals surface area contributed by atoms with Crippen LogP contribution in [0, 0.1) is 0 Å². The standard InChI is InChI=1S/C22H18N4O5S2/c1-13-10-15-11-14(2-7-19(15)30-13)20-12-18(25-31-20)21(27)24-16-3-5-17(6-4-16)33(28,29)26-22-23-8-9-32-22/h2-9,11-13H,10H2,1H3,(H,23,26)(H,24,27)/t13-/m0/s1. The van der Waals surface area contributed by atoms with Gasteiger partial charge >= 0.3 is 0 Å². The lowest BCUT2D eigenvalue weighted by atomic mass is 10.1. The van der Waals surface area contributed by atoms with Crippen molar-refractivity contribution >= 4 is 38.1 Å². The Bertz CT molecular complexity index is 1410. The molecular weight excluding hydrogens is 464 g/mol. The van der Waals surface area contributed by atoms with Gasteiger partial charge < -0.3 is 14.6 Å². The quantitative estimate of drug-likeness (QED) is 0.423. The maximum absolute atomic E-state index is 12.6. The van der Waals surface area contributed by atoms with E-state index in [-0.39, 0.29) is 21.8 Å². The third kappa shape index (κ3) is 4.45. The van der Waals surface area contributed by atoms with Gasteiger partial charge in [-0.15, -0.1) is 11.3 Å². The molecule has 1 atom stereocenters. The molecule has 1 aliphatic rings. The molecule has 5 rings (SSSR count). The van der Waals surface area contributed by atoms with Gasteiger partial charge in [0.25, 0.3) is 15.9 Å². The van der Waals surface area contributed by atoms with Crippen molar-refractivity contribution in [2.75, 3.05) is 10.0 Å². The molecule has 0 aliphatic carbocycles. The van der Waals surface area contributed by atoms with Crippen molar-refractivity contribution < 1.29 is 22.5 Å². The maximum Gasteiger partial charge on any atom is 0.277 e. The van der Waals surface area contributed by atoms with Crippen molar-refractivity contribution in [3.05, 3.63) is 71.4 Å². The van der Waals surface area contributed by atoms with Crippen molar-refractivity contribution in [1.29, 1.82) is 0 Å². The molecule has 3 heterocycles. The van der Waals surface area contributed by atoms with Crippen LogP contribution < -0.4 is 14.8 Å². The molecule has 168 valence electrons. The average molecular weight is 483 g/mol. The Labute approximate surface area is 193 Å². The zero-order valence-electron chi connectivity index (χ0n) is 17.3. The van der Waals surface area contributed by atoms with Crippen LogP contribution >= 0.6 is 11.3 Å². The zero-order chi connectivity index (χ0) is 23.0. The van der Waals surface area contributed by atoms with Crippen LogP contribution in [0.1, 0.15) is 23.0 Å². The summed E-state index contributed by atoms with van der Waals surface area (Å²) in [6.45, 7) is 2.01.